The number of rotatable bonds is 11. The summed E-state index contributed by atoms with van der Waals surface area (Å²) in [6.07, 6.45) is 0. The number of thioether (sulfide) groups is 1. The Bertz CT molecular complexity index is 1540. The number of azo groups is 1. The van der Waals surface area contributed by atoms with E-state index in [1.165, 1.54) is 61.2 Å². The molecule has 0 aromatic heterocycles. The van der Waals surface area contributed by atoms with Crippen LogP contribution in [0.5, 0.6) is 5.75 Å². The van der Waals surface area contributed by atoms with Crippen molar-refractivity contribution in [1.82, 2.24) is 5.09 Å². The van der Waals surface area contributed by atoms with Gasteiger partial charge in [0, 0.05) is 36.0 Å². The number of anilines is 1. The number of phenols is 1. The summed E-state index contributed by atoms with van der Waals surface area (Å²) in [5, 5.41) is 24.5. The molecule has 0 spiro atoms. The van der Waals surface area contributed by atoms with Gasteiger partial charge in [0.05, 0.1) is 16.3 Å². The largest absolute Gasteiger partial charge is 0.505 e. The van der Waals surface area contributed by atoms with Crippen LogP contribution in [0.2, 0.25) is 0 Å². The molecule has 0 aliphatic carbocycles. The van der Waals surface area contributed by atoms with Gasteiger partial charge in [-0.15, -0.1) is 5.11 Å². The SMILES string of the molecule is CC(=O)Nc1ccc2cc(S(=O)(=O)O)c(/N=N/c3ccc(S(=O)(=O)CCSCCNP)cc3)c(O)c2c1. The van der Waals surface area contributed by atoms with Crippen LogP contribution in [-0.4, -0.2) is 56.2 Å². The summed E-state index contributed by atoms with van der Waals surface area (Å²) in [4.78, 5) is 10.8. The number of hydrogen-bond acceptors (Lipinski definition) is 10. The molecule has 0 saturated carbocycles. The lowest BCUT2D eigenvalue weighted by Crippen LogP contribution is -2.10. The van der Waals surface area contributed by atoms with E-state index in [9.17, 15) is 31.3 Å². The first-order chi connectivity index (χ1) is 17.4. The van der Waals surface area contributed by atoms with Crippen LogP contribution in [-0.2, 0) is 24.7 Å². The number of carbonyl (C=O) groups excluding carboxylic acids is 1. The number of nitrogens with zero attached hydrogens (tertiary/aromatic N) is 2. The predicted molar refractivity (Wildman–Crippen MR) is 147 cm³/mol. The lowest BCUT2D eigenvalue weighted by Gasteiger charge is -2.10. The van der Waals surface area contributed by atoms with Crippen molar-refractivity contribution in [3.05, 3.63) is 48.5 Å². The Balaban J connectivity index is 1.91. The van der Waals surface area contributed by atoms with E-state index < -0.39 is 36.3 Å². The molecule has 3 rings (SSSR count). The minimum Gasteiger partial charge on any atom is -0.505 e. The normalized spacial score (nSPS) is 12.3. The van der Waals surface area contributed by atoms with Gasteiger partial charge in [-0.1, -0.05) is 15.5 Å². The fraction of sp³-hybridized carbons (Fsp3) is 0.227. The highest BCUT2D eigenvalue weighted by atomic mass is 32.2. The van der Waals surface area contributed by atoms with Gasteiger partial charge in [0.2, 0.25) is 5.91 Å². The summed E-state index contributed by atoms with van der Waals surface area (Å²) in [6, 6.07) is 11.0. The highest BCUT2D eigenvalue weighted by Crippen LogP contribution is 2.42. The Labute approximate surface area is 221 Å². The molecule has 1 amide bonds. The molecular formula is C22H25N4O7PS3. The minimum atomic E-state index is -4.79. The third kappa shape index (κ3) is 7.69. The van der Waals surface area contributed by atoms with Gasteiger partial charge in [0.1, 0.15) is 10.6 Å². The van der Waals surface area contributed by atoms with Crippen LogP contribution in [0.1, 0.15) is 6.92 Å². The van der Waals surface area contributed by atoms with E-state index in [0.29, 0.717) is 11.4 Å². The molecule has 1 atom stereocenters. The van der Waals surface area contributed by atoms with E-state index in [0.717, 1.165) is 18.4 Å². The Morgan fingerprint density at radius 2 is 1.73 bits per heavy atom. The summed E-state index contributed by atoms with van der Waals surface area (Å²) in [7, 11) is -5.91. The van der Waals surface area contributed by atoms with Gasteiger partial charge in [-0.3, -0.25) is 14.4 Å². The fourth-order valence-electron chi connectivity index (χ4n) is 3.26. The number of phenolic OH excluding ortho intramolecular Hbond substituents is 1. The first-order valence-corrected chi connectivity index (χ1v) is 15.6. The molecule has 0 radical (unpaired) electrons. The Morgan fingerprint density at radius 3 is 2.35 bits per heavy atom. The van der Waals surface area contributed by atoms with Crippen molar-refractivity contribution in [1.29, 1.82) is 0 Å². The number of carbonyl (C=O) groups is 1. The molecule has 37 heavy (non-hydrogen) atoms. The van der Waals surface area contributed by atoms with E-state index in [1.54, 1.807) is 0 Å². The number of amides is 1. The van der Waals surface area contributed by atoms with Gasteiger partial charge < -0.3 is 10.4 Å². The van der Waals surface area contributed by atoms with Gasteiger partial charge >= 0.3 is 0 Å². The van der Waals surface area contributed by atoms with Crippen LogP contribution in [0.4, 0.5) is 17.1 Å². The monoisotopic (exact) mass is 584 g/mol. The molecule has 4 N–H and O–H groups in total. The number of sulfone groups is 1. The predicted octanol–water partition coefficient (Wildman–Crippen LogP) is 4.05. The standard InChI is InChI=1S/C22H25N4O7PS3/c1-14(27)24-17-3-2-15-12-20(37(31,32)33)21(22(28)19(15)13-17)26-25-16-4-6-18(7-5-16)36(29,30)11-10-35-9-8-23-34/h2-7,12-13,23,28H,8-11,34H2,1H3,(H,24,27)(H,31,32,33)/b26-25+. The average molecular weight is 585 g/mol. The molecule has 3 aromatic rings. The number of aromatic hydroxyl groups is 1. The van der Waals surface area contributed by atoms with Crippen molar-refractivity contribution in [3.8, 4) is 5.75 Å². The second-order valence-corrected chi connectivity index (χ2v) is 12.9. The van der Waals surface area contributed by atoms with Crippen molar-refractivity contribution in [2.75, 3.05) is 29.1 Å². The van der Waals surface area contributed by atoms with Crippen molar-refractivity contribution in [2.24, 2.45) is 10.2 Å². The van der Waals surface area contributed by atoms with Crippen molar-refractivity contribution < 1.29 is 31.3 Å². The fourth-order valence-corrected chi connectivity index (χ4v) is 6.88. The topological polar surface area (TPSA) is 175 Å². The number of nitrogens with one attached hydrogen (secondary N) is 2. The summed E-state index contributed by atoms with van der Waals surface area (Å²) in [5.74, 6) is 0.276. The maximum absolute atomic E-state index is 12.5. The Hall–Kier alpha value is -2.61. The second kappa shape index (κ2) is 12.3. The molecule has 0 bridgehead atoms. The first kappa shape index (κ1) is 29.0. The van der Waals surface area contributed by atoms with Gasteiger partial charge in [-0.05, 0) is 47.9 Å². The zero-order valence-electron chi connectivity index (χ0n) is 19.6. The molecule has 0 saturated heterocycles. The van der Waals surface area contributed by atoms with Crippen LogP contribution >= 0.6 is 21.2 Å². The van der Waals surface area contributed by atoms with Gasteiger partial charge in [-0.25, -0.2) is 8.42 Å². The molecule has 3 aromatic carbocycles. The molecule has 15 heteroatoms. The first-order valence-electron chi connectivity index (χ1n) is 10.7. The molecule has 1 unspecified atom stereocenters. The average Bonchev–Trinajstić information content (AvgIpc) is 2.83. The van der Waals surface area contributed by atoms with Gasteiger partial charge in [-0.2, -0.15) is 25.3 Å². The van der Waals surface area contributed by atoms with E-state index in [4.69, 9.17) is 0 Å². The quantitative estimate of drug-likeness (QED) is 0.112. The second-order valence-electron chi connectivity index (χ2n) is 7.74. The third-order valence-electron chi connectivity index (χ3n) is 5.00. The summed E-state index contributed by atoms with van der Waals surface area (Å²) >= 11 is 1.51. The molecular weight excluding hydrogens is 559 g/mol. The molecule has 0 aliphatic rings. The smallest absolute Gasteiger partial charge is 0.296 e. The maximum Gasteiger partial charge on any atom is 0.296 e. The molecule has 0 heterocycles. The zero-order valence-corrected chi connectivity index (χ0v) is 23.2. The van der Waals surface area contributed by atoms with Gasteiger partial charge in [0.15, 0.2) is 15.6 Å². The van der Waals surface area contributed by atoms with Crippen LogP contribution < -0.4 is 10.4 Å². The van der Waals surface area contributed by atoms with E-state index >= 15 is 0 Å². The summed E-state index contributed by atoms with van der Waals surface area (Å²) in [6.45, 7) is 2.06. The maximum atomic E-state index is 12.5. The van der Waals surface area contributed by atoms with Crippen molar-refractivity contribution in [3.63, 3.8) is 0 Å². The summed E-state index contributed by atoms with van der Waals surface area (Å²) in [5.41, 5.74) is 0.0327. The van der Waals surface area contributed by atoms with E-state index in [1.807, 2.05) is 0 Å². The molecule has 11 nitrogen and oxygen atoms in total. The van der Waals surface area contributed by atoms with Crippen molar-refractivity contribution in [2.45, 2.75) is 16.7 Å². The number of fused-ring (bicyclic) bond motifs is 1. The zero-order chi connectivity index (χ0) is 27.2. The lowest BCUT2D eigenvalue weighted by atomic mass is 10.1. The van der Waals surface area contributed by atoms with Crippen molar-refractivity contribution >= 4 is 74.8 Å². The van der Waals surface area contributed by atoms with Crippen LogP contribution in [0.3, 0.4) is 0 Å². The van der Waals surface area contributed by atoms with Crippen LogP contribution in [0, 0.1) is 0 Å². The van der Waals surface area contributed by atoms with E-state index in [-0.39, 0.29) is 33.0 Å². The molecule has 198 valence electrons. The summed E-state index contributed by atoms with van der Waals surface area (Å²) < 4.78 is 58.7. The molecule has 0 aliphatic heterocycles. The number of hydrogen-bond donors (Lipinski definition) is 4. The third-order valence-corrected chi connectivity index (χ3v) is 9.13. The van der Waals surface area contributed by atoms with E-state index in [2.05, 4.69) is 30.0 Å². The highest BCUT2D eigenvalue weighted by Gasteiger charge is 2.22. The molecule has 0 fully saturated rings. The lowest BCUT2D eigenvalue weighted by molar-refractivity contribution is -0.114. The minimum absolute atomic E-state index is 0.0292. The highest BCUT2D eigenvalue weighted by molar-refractivity contribution is 8.00. The Morgan fingerprint density at radius 1 is 1.03 bits per heavy atom. The van der Waals surface area contributed by atoms with Gasteiger partial charge in [0.25, 0.3) is 10.1 Å². The Kier molecular flexibility index (Phi) is 9.62. The number of benzene rings is 3. The van der Waals surface area contributed by atoms with Crippen LogP contribution in [0.15, 0.2) is 68.6 Å². The van der Waals surface area contributed by atoms with Crippen LogP contribution in [0.25, 0.3) is 10.8 Å².